The predicted octanol–water partition coefficient (Wildman–Crippen LogP) is -3.16. The summed E-state index contributed by atoms with van der Waals surface area (Å²) in [6, 6.07) is 0. The van der Waals surface area contributed by atoms with E-state index in [0.29, 0.717) is 26.2 Å². The molecule has 11 heteroatoms. The van der Waals surface area contributed by atoms with Gasteiger partial charge in [0.15, 0.2) is 0 Å². The van der Waals surface area contributed by atoms with E-state index < -0.39 is 11.9 Å². The monoisotopic (exact) mass is 361 g/mol. The molecule has 0 aliphatic carbocycles. The first kappa shape index (κ1) is 22.8. The number of hydrogen-bond acceptors (Lipinski definition) is 7. The van der Waals surface area contributed by atoms with Crippen molar-refractivity contribution in [2.75, 3.05) is 66.5 Å². The van der Waals surface area contributed by atoms with Gasteiger partial charge in [-0.1, -0.05) is 0 Å². The van der Waals surface area contributed by atoms with Crippen molar-refractivity contribution >= 4 is 23.8 Å². The number of nitrogens with one attached hydrogen (secondary N) is 3. The van der Waals surface area contributed by atoms with Crippen molar-refractivity contribution in [3.8, 4) is 0 Å². The molecule has 144 valence electrons. The minimum atomic E-state index is -1.06. The van der Waals surface area contributed by atoms with E-state index in [0.717, 1.165) is 9.80 Å². The molecule has 0 saturated carbocycles. The summed E-state index contributed by atoms with van der Waals surface area (Å²) in [6.45, 7) is 1.74. The lowest BCUT2D eigenvalue weighted by Crippen LogP contribution is -2.41. The van der Waals surface area contributed by atoms with Gasteiger partial charge in [-0.3, -0.25) is 19.2 Å². The van der Waals surface area contributed by atoms with E-state index in [4.69, 9.17) is 10.2 Å². The first-order valence-electron chi connectivity index (χ1n) is 7.77. The molecule has 0 saturated heterocycles. The maximum atomic E-state index is 11.5. The minimum Gasteiger partial charge on any atom is -0.480 e. The number of rotatable bonds is 14. The normalized spacial score (nSPS) is 10.3. The van der Waals surface area contributed by atoms with Gasteiger partial charge in [-0.15, -0.1) is 0 Å². The average molecular weight is 361 g/mol. The number of aliphatic carboxylic acids is 2. The van der Waals surface area contributed by atoms with Crippen LogP contribution in [0.5, 0.6) is 0 Å². The van der Waals surface area contributed by atoms with Crippen LogP contribution in [0.3, 0.4) is 0 Å². The number of amides is 2. The molecule has 0 aromatic rings. The predicted molar refractivity (Wildman–Crippen MR) is 89.2 cm³/mol. The lowest BCUT2D eigenvalue weighted by Gasteiger charge is -2.15. The Bertz CT molecular complexity index is 419. The van der Waals surface area contributed by atoms with Crippen LogP contribution in [0.1, 0.15) is 0 Å². The Balaban J connectivity index is 3.53. The largest absolute Gasteiger partial charge is 0.480 e. The number of likely N-dealkylation sites (N-methyl/N-ethyl adjacent to an activating group) is 2. The van der Waals surface area contributed by atoms with Gasteiger partial charge in [0, 0.05) is 40.3 Å². The highest BCUT2D eigenvalue weighted by atomic mass is 16.4. The van der Waals surface area contributed by atoms with Crippen LogP contribution in [-0.4, -0.2) is 110 Å². The molecule has 0 atom stereocenters. The van der Waals surface area contributed by atoms with Gasteiger partial charge in [-0.2, -0.15) is 0 Å². The van der Waals surface area contributed by atoms with Crippen LogP contribution >= 0.6 is 0 Å². The molecule has 0 aliphatic heterocycles. The van der Waals surface area contributed by atoms with Crippen LogP contribution in [-0.2, 0) is 19.2 Å². The minimum absolute atomic E-state index is 0.0636. The third kappa shape index (κ3) is 12.8. The molecule has 0 heterocycles. The lowest BCUT2D eigenvalue weighted by atomic mass is 10.4. The third-order valence-electron chi connectivity index (χ3n) is 3.11. The highest BCUT2D eigenvalue weighted by Crippen LogP contribution is 1.84. The second kappa shape index (κ2) is 13.1. The fourth-order valence-corrected chi connectivity index (χ4v) is 1.72. The van der Waals surface area contributed by atoms with Gasteiger partial charge in [-0.25, -0.2) is 0 Å². The molecule has 0 aromatic carbocycles. The first-order valence-corrected chi connectivity index (χ1v) is 7.77. The van der Waals surface area contributed by atoms with Crippen LogP contribution < -0.4 is 16.0 Å². The van der Waals surface area contributed by atoms with Crippen molar-refractivity contribution in [1.82, 2.24) is 25.8 Å². The van der Waals surface area contributed by atoms with Gasteiger partial charge in [0.1, 0.15) is 13.1 Å². The molecule has 0 aromatic heterocycles. The van der Waals surface area contributed by atoms with Crippen LogP contribution in [0.25, 0.3) is 0 Å². The average Bonchev–Trinajstić information content (AvgIpc) is 2.51. The van der Waals surface area contributed by atoms with E-state index in [1.807, 2.05) is 0 Å². The molecule has 2 amide bonds. The number of carbonyl (C=O) groups excluding carboxylic acids is 2. The van der Waals surface area contributed by atoms with Gasteiger partial charge < -0.3 is 36.0 Å². The van der Waals surface area contributed by atoms with Crippen LogP contribution in [0.15, 0.2) is 0 Å². The van der Waals surface area contributed by atoms with Crippen molar-refractivity contribution < 1.29 is 29.4 Å². The third-order valence-corrected chi connectivity index (χ3v) is 3.11. The molecular formula is C14H27N5O6. The van der Waals surface area contributed by atoms with E-state index in [9.17, 15) is 19.2 Å². The van der Waals surface area contributed by atoms with Gasteiger partial charge in [0.2, 0.25) is 11.8 Å². The summed E-state index contributed by atoms with van der Waals surface area (Å²) in [5, 5.41) is 26.0. The summed E-state index contributed by atoms with van der Waals surface area (Å²) in [5.41, 5.74) is 0. The van der Waals surface area contributed by atoms with E-state index in [2.05, 4.69) is 16.0 Å². The summed E-state index contributed by atoms with van der Waals surface area (Å²) in [5.74, 6) is -2.71. The number of nitrogens with zero attached hydrogens (tertiary/aromatic N) is 2. The molecule has 0 rings (SSSR count). The van der Waals surface area contributed by atoms with Crippen LogP contribution in [0.2, 0.25) is 0 Å². The SMILES string of the molecule is CN(CC(=O)O)C(=O)CNCCNCCNCC(=O)N(C)CC(=O)O. The van der Waals surface area contributed by atoms with Gasteiger partial charge in [0.25, 0.3) is 0 Å². The Morgan fingerprint density at radius 2 is 1.00 bits per heavy atom. The quantitative estimate of drug-likeness (QED) is 0.202. The zero-order valence-electron chi connectivity index (χ0n) is 14.6. The van der Waals surface area contributed by atoms with Crippen molar-refractivity contribution in [3.63, 3.8) is 0 Å². The van der Waals surface area contributed by atoms with E-state index in [1.54, 1.807) is 0 Å². The number of carboxylic acid groups (broad SMARTS) is 2. The van der Waals surface area contributed by atoms with Gasteiger partial charge >= 0.3 is 11.9 Å². The standard InChI is InChI=1S/C14H27N5O6/c1-18(9-13(22)23)11(20)7-16-5-3-15-4-6-17-8-12(21)19(2)10-14(24)25/h15-17H,3-10H2,1-2H3,(H,22,23)(H,24,25). The zero-order chi connectivity index (χ0) is 19.2. The zero-order valence-corrected chi connectivity index (χ0v) is 14.6. The van der Waals surface area contributed by atoms with Crippen molar-refractivity contribution in [1.29, 1.82) is 0 Å². The lowest BCUT2D eigenvalue weighted by molar-refractivity contribution is -0.143. The summed E-state index contributed by atoms with van der Waals surface area (Å²) in [6.07, 6.45) is 0. The number of hydrogen-bond donors (Lipinski definition) is 5. The highest BCUT2D eigenvalue weighted by Gasteiger charge is 2.11. The molecule has 0 unspecified atom stereocenters. The Morgan fingerprint density at radius 1 is 0.680 bits per heavy atom. The molecule has 0 aliphatic rings. The number of carbonyl (C=O) groups is 4. The van der Waals surface area contributed by atoms with Crippen molar-refractivity contribution in [3.05, 3.63) is 0 Å². The van der Waals surface area contributed by atoms with Crippen molar-refractivity contribution in [2.24, 2.45) is 0 Å². The molecule has 0 bridgehead atoms. The topological polar surface area (TPSA) is 151 Å². The molecule has 0 spiro atoms. The molecule has 11 nitrogen and oxygen atoms in total. The molecule has 5 N–H and O–H groups in total. The fraction of sp³-hybridized carbons (Fsp3) is 0.714. The van der Waals surface area contributed by atoms with E-state index in [-0.39, 0.29) is 38.0 Å². The first-order chi connectivity index (χ1) is 11.7. The Kier molecular flexibility index (Phi) is 11.9. The maximum Gasteiger partial charge on any atom is 0.323 e. The summed E-state index contributed by atoms with van der Waals surface area (Å²) in [4.78, 5) is 46.3. The van der Waals surface area contributed by atoms with Crippen LogP contribution in [0, 0.1) is 0 Å². The second-order valence-electron chi connectivity index (χ2n) is 5.39. The van der Waals surface area contributed by atoms with Crippen molar-refractivity contribution in [2.45, 2.75) is 0 Å². The Morgan fingerprint density at radius 3 is 1.32 bits per heavy atom. The summed E-state index contributed by atoms with van der Waals surface area (Å²) >= 11 is 0. The fourth-order valence-electron chi connectivity index (χ4n) is 1.72. The maximum absolute atomic E-state index is 11.5. The second-order valence-corrected chi connectivity index (χ2v) is 5.39. The Labute approximate surface area is 146 Å². The highest BCUT2D eigenvalue weighted by molar-refractivity contribution is 5.82. The van der Waals surface area contributed by atoms with E-state index in [1.165, 1.54) is 14.1 Å². The van der Waals surface area contributed by atoms with Gasteiger partial charge in [0.05, 0.1) is 13.1 Å². The molecule has 25 heavy (non-hydrogen) atoms. The molecular weight excluding hydrogens is 334 g/mol. The van der Waals surface area contributed by atoms with Gasteiger partial charge in [-0.05, 0) is 0 Å². The smallest absolute Gasteiger partial charge is 0.323 e. The molecule has 0 radical (unpaired) electrons. The van der Waals surface area contributed by atoms with Crippen LogP contribution in [0.4, 0.5) is 0 Å². The Hall–Kier alpha value is -2.24. The number of carboxylic acids is 2. The van der Waals surface area contributed by atoms with E-state index >= 15 is 0 Å². The summed E-state index contributed by atoms with van der Waals surface area (Å²) < 4.78 is 0. The summed E-state index contributed by atoms with van der Waals surface area (Å²) in [7, 11) is 2.86. The molecule has 0 fully saturated rings.